The van der Waals surface area contributed by atoms with E-state index in [0.29, 0.717) is 5.75 Å². The Kier molecular flexibility index (Phi) is 4.39. The van der Waals surface area contributed by atoms with Crippen molar-refractivity contribution in [2.24, 2.45) is 5.10 Å². The highest BCUT2D eigenvalue weighted by atomic mass is 16.3. The average Bonchev–Trinajstić information content (AvgIpc) is 2.95. The third kappa shape index (κ3) is 3.50. The van der Waals surface area contributed by atoms with Gasteiger partial charge in [-0.25, -0.2) is 9.66 Å². The van der Waals surface area contributed by atoms with Crippen LogP contribution in [-0.4, -0.2) is 21.0 Å². The first-order chi connectivity index (χ1) is 12.1. The molecule has 4 nitrogen and oxygen atoms in total. The lowest BCUT2D eigenvalue weighted by molar-refractivity contribution is 0.423. The van der Waals surface area contributed by atoms with Crippen molar-refractivity contribution in [2.75, 3.05) is 0 Å². The quantitative estimate of drug-likeness (QED) is 0.645. The van der Waals surface area contributed by atoms with Crippen LogP contribution in [0.25, 0.3) is 11.0 Å². The minimum absolute atomic E-state index is 0.157. The van der Waals surface area contributed by atoms with Gasteiger partial charge in [-0.2, -0.15) is 5.10 Å². The standard InChI is InChI=1S/C22H27N3O/c1-21(2,3)16-11-15(12-17(20(16)26)22(4,5)6)13-24-25-14-23-18-9-7-8-10-19(18)25/h7-14,26H,1-6H3. The second-order valence-electron chi connectivity index (χ2n) is 8.79. The third-order valence-electron chi connectivity index (χ3n) is 4.51. The number of aromatic nitrogens is 2. The first kappa shape index (κ1) is 18.2. The summed E-state index contributed by atoms with van der Waals surface area (Å²) in [5.74, 6) is 0.384. The average molecular weight is 349 g/mol. The van der Waals surface area contributed by atoms with Gasteiger partial charge in [0.05, 0.1) is 17.2 Å². The summed E-state index contributed by atoms with van der Waals surface area (Å²) in [6.07, 6.45) is 3.55. The van der Waals surface area contributed by atoms with E-state index in [0.717, 1.165) is 27.7 Å². The van der Waals surface area contributed by atoms with E-state index in [2.05, 4.69) is 51.6 Å². The molecule has 0 spiro atoms. The van der Waals surface area contributed by atoms with Crippen LogP contribution in [0.5, 0.6) is 5.75 Å². The number of aromatic hydroxyl groups is 1. The SMILES string of the molecule is CC(C)(C)c1cc(C=Nn2cnc3ccccc32)cc(C(C)(C)C)c1O. The van der Waals surface area contributed by atoms with Crippen molar-refractivity contribution < 1.29 is 5.11 Å². The number of nitrogens with zero attached hydrogens (tertiary/aromatic N) is 3. The summed E-state index contributed by atoms with van der Waals surface area (Å²) in [5, 5.41) is 15.4. The van der Waals surface area contributed by atoms with E-state index in [9.17, 15) is 5.11 Å². The summed E-state index contributed by atoms with van der Waals surface area (Å²) < 4.78 is 1.77. The summed E-state index contributed by atoms with van der Waals surface area (Å²) in [5.41, 5.74) is 4.40. The minimum atomic E-state index is -0.157. The van der Waals surface area contributed by atoms with Gasteiger partial charge in [-0.1, -0.05) is 53.7 Å². The van der Waals surface area contributed by atoms with Crippen molar-refractivity contribution in [1.29, 1.82) is 0 Å². The number of hydrogen-bond donors (Lipinski definition) is 1. The molecule has 0 aliphatic heterocycles. The highest BCUT2D eigenvalue weighted by Crippen LogP contribution is 2.39. The van der Waals surface area contributed by atoms with Gasteiger partial charge in [0.1, 0.15) is 12.1 Å². The zero-order valence-corrected chi connectivity index (χ0v) is 16.4. The van der Waals surface area contributed by atoms with Gasteiger partial charge in [-0.3, -0.25) is 0 Å². The van der Waals surface area contributed by atoms with E-state index in [1.165, 1.54) is 0 Å². The molecule has 1 N–H and O–H groups in total. The van der Waals surface area contributed by atoms with Crippen molar-refractivity contribution in [2.45, 2.75) is 52.4 Å². The van der Waals surface area contributed by atoms with E-state index in [1.807, 2.05) is 42.6 Å². The van der Waals surface area contributed by atoms with Gasteiger partial charge < -0.3 is 5.11 Å². The van der Waals surface area contributed by atoms with Crippen LogP contribution in [0.2, 0.25) is 0 Å². The number of phenolic OH excluding ortho intramolecular Hbond substituents is 1. The number of rotatable bonds is 2. The molecule has 3 rings (SSSR count). The molecule has 0 amide bonds. The van der Waals surface area contributed by atoms with Crippen LogP contribution in [0, 0.1) is 0 Å². The molecule has 0 atom stereocenters. The van der Waals surface area contributed by atoms with Gasteiger partial charge in [0, 0.05) is 11.1 Å². The van der Waals surface area contributed by atoms with Crippen LogP contribution in [0.15, 0.2) is 47.8 Å². The van der Waals surface area contributed by atoms with Crippen molar-refractivity contribution in [3.05, 3.63) is 59.4 Å². The molecule has 2 aromatic carbocycles. The zero-order chi connectivity index (χ0) is 19.1. The molecule has 3 aromatic rings. The number of phenols is 1. The van der Waals surface area contributed by atoms with Gasteiger partial charge in [0.25, 0.3) is 0 Å². The number of fused-ring (bicyclic) bond motifs is 1. The summed E-state index contributed by atoms with van der Waals surface area (Å²) in [6.45, 7) is 12.7. The molecule has 0 saturated heterocycles. The van der Waals surface area contributed by atoms with E-state index < -0.39 is 0 Å². The molecule has 0 saturated carbocycles. The Morgan fingerprint density at radius 2 is 1.54 bits per heavy atom. The number of imidazole rings is 1. The van der Waals surface area contributed by atoms with Crippen molar-refractivity contribution in [1.82, 2.24) is 9.66 Å². The van der Waals surface area contributed by atoms with Crippen LogP contribution in [0.3, 0.4) is 0 Å². The fourth-order valence-electron chi connectivity index (χ4n) is 3.04. The number of para-hydroxylation sites is 2. The first-order valence-corrected chi connectivity index (χ1v) is 8.92. The normalized spacial score (nSPS) is 13.0. The predicted molar refractivity (Wildman–Crippen MR) is 108 cm³/mol. The fourth-order valence-corrected chi connectivity index (χ4v) is 3.04. The molecule has 0 fully saturated rings. The molecule has 0 radical (unpaired) electrons. The highest BCUT2D eigenvalue weighted by Gasteiger charge is 2.26. The number of benzene rings is 2. The van der Waals surface area contributed by atoms with Crippen molar-refractivity contribution in [3.63, 3.8) is 0 Å². The molecule has 0 unspecified atom stereocenters. The lowest BCUT2D eigenvalue weighted by atomic mass is 9.78. The van der Waals surface area contributed by atoms with Gasteiger partial charge in [-0.15, -0.1) is 0 Å². The lowest BCUT2D eigenvalue weighted by Gasteiger charge is -2.27. The van der Waals surface area contributed by atoms with Crippen LogP contribution in [0.1, 0.15) is 58.2 Å². The minimum Gasteiger partial charge on any atom is -0.507 e. The monoisotopic (exact) mass is 349 g/mol. The first-order valence-electron chi connectivity index (χ1n) is 8.92. The maximum Gasteiger partial charge on any atom is 0.123 e. The Balaban J connectivity index is 2.10. The second-order valence-corrected chi connectivity index (χ2v) is 8.79. The highest BCUT2D eigenvalue weighted by molar-refractivity contribution is 5.82. The van der Waals surface area contributed by atoms with Crippen molar-refractivity contribution in [3.8, 4) is 5.75 Å². The molecule has 0 bridgehead atoms. The number of hydrogen-bond acceptors (Lipinski definition) is 3. The van der Waals surface area contributed by atoms with Gasteiger partial charge >= 0.3 is 0 Å². The van der Waals surface area contributed by atoms with Gasteiger partial charge in [0.2, 0.25) is 0 Å². The van der Waals surface area contributed by atoms with Crippen LogP contribution in [-0.2, 0) is 10.8 Å². The van der Waals surface area contributed by atoms with E-state index >= 15 is 0 Å². The molecule has 4 heteroatoms. The Morgan fingerprint density at radius 1 is 0.962 bits per heavy atom. The second kappa shape index (κ2) is 6.27. The molecule has 0 aliphatic rings. The van der Waals surface area contributed by atoms with Gasteiger partial charge in [-0.05, 0) is 40.7 Å². The molecular weight excluding hydrogens is 322 g/mol. The summed E-state index contributed by atoms with van der Waals surface area (Å²) in [6, 6.07) is 12.0. The topological polar surface area (TPSA) is 50.4 Å². The summed E-state index contributed by atoms with van der Waals surface area (Å²) in [4.78, 5) is 4.37. The van der Waals surface area contributed by atoms with Crippen LogP contribution < -0.4 is 0 Å². The Morgan fingerprint density at radius 3 is 2.12 bits per heavy atom. The zero-order valence-electron chi connectivity index (χ0n) is 16.4. The Hall–Kier alpha value is -2.62. The predicted octanol–water partition coefficient (Wildman–Crippen LogP) is 5.22. The Bertz CT molecular complexity index is 934. The summed E-state index contributed by atoms with van der Waals surface area (Å²) in [7, 11) is 0. The smallest absolute Gasteiger partial charge is 0.123 e. The van der Waals surface area contributed by atoms with E-state index in [4.69, 9.17) is 0 Å². The molecule has 1 aromatic heterocycles. The van der Waals surface area contributed by atoms with E-state index in [-0.39, 0.29) is 10.8 Å². The molecule has 136 valence electrons. The third-order valence-corrected chi connectivity index (χ3v) is 4.51. The van der Waals surface area contributed by atoms with Gasteiger partial charge in [0.15, 0.2) is 0 Å². The van der Waals surface area contributed by atoms with Crippen LogP contribution >= 0.6 is 0 Å². The Labute approximate surface area is 155 Å². The van der Waals surface area contributed by atoms with Crippen molar-refractivity contribution >= 4 is 17.2 Å². The molecular formula is C22H27N3O. The molecule has 26 heavy (non-hydrogen) atoms. The molecule has 0 aliphatic carbocycles. The van der Waals surface area contributed by atoms with E-state index in [1.54, 1.807) is 11.0 Å². The fraction of sp³-hybridized carbons (Fsp3) is 0.364. The largest absolute Gasteiger partial charge is 0.507 e. The molecule has 1 heterocycles. The van der Waals surface area contributed by atoms with Crippen LogP contribution in [0.4, 0.5) is 0 Å². The maximum absolute atomic E-state index is 10.8. The lowest BCUT2D eigenvalue weighted by Crippen LogP contribution is -2.17. The summed E-state index contributed by atoms with van der Waals surface area (Å²) >= 11 is 0. The maximum atomic E-state index is 10.8.